The number of nitrogens with zero attached hydrogens (tertiary/aromatic N) is 2. The molecule has 2 fully saturated rings. The number of amides is 2. The van der Waals surface area contributed by atoms with Crippen LogP contribution in [0.25, 0.3) is 0 Å². The lowest BCUT2D eigenvalue weighted by molar-refractivity contribution is -0.135. The average molecular weight is 376 g/mol. The molecule has 0 N–H and O–H groups in total. The van der Waals surface area contributed by atoms with Gasteiger partial charge >= 0.3 is 0 Å². The van der Waals surface area contributed by atoms with Crippen molar-refractivity contribution in [2.75, 3.05) is 40.5 Å². The van der Waals surface area contributed by atoms with Crippen LogP contribution in [0, 0.1) is 0 Å². The van der Waals surface area contributed by atoms with Crippen LogP contribution in [-0.4, -0.2) is 74.2 Å². The first-order chi connectivity index (χ1) is 13.0. The molecule has 7 heteroatoms. The number of methoxy groups -OCH3 is 2. The zero-order chi connectivity index (χ0) is 19.4. The van der Waals surface area contributed by atoms with Gasteiger partial charge in [0.2, 0.25) is 5.91 Å². The Bertz CT molecular complexity index is 665. The molecule has 1 aromatic rings. The van der Waals surface area contributed by atoms with Gasteiger partial charge in [-0.1, -0.05) is 0 Å². The van der Waals surface area contributed by atoms with Crippen LogP contribution in [-0.2, 0) is 9.53 Å². The largest absolute Gasteiger partial charge is 0.497 e. The molecule has 1 aromatic carbocycles. The Morgan fingerprint density at radius 1 is 1.04 bits per heavy atom. The second kappa shape index (κ2) is 8.61. The summed E-state index contributed by atoms with van der Waals surface area (Å²) in [4.78, 5) is 29.1. The van der Waals surface area contributed by atoms with Crippen LogP contribution in [0.15, 0.2) is 18.2 Å². The van der Waals surface area contributed by atoms with Gasteiger partial charge in [-0.05, 0) is 31.4 Å². The molecule has 0 saturated carbocycles. The van der Waals surface area contributed by atoms with Crippen LogP contribution in [0.3, 0.4) is 0 Å². The first-order valence-corrected chi connectivity index (χ1v) is 9.42. The van der Waals surface area contributed by atoms with Crippen molar-refractivity contribution in [1.29, 1.82) is 0 Å². The van der Waals surface area contributed by atoms with Crippen molar-refractivity contribution in [2.45, 2.75) is 38.3 Å². The van der Waals surface area contributed by atoms with Crippen LogP contribution in [0.5, 0.6) is 11.5 Å². The van der Waals surface area contributed by atoms with Crippen LogP contribution in [0.4, 0.5) is 0 Å². The maximum absolute atomic E-state index is 13.0. The number of likely N-dealkylation sites (tertiary alicyclic amines) is 1. The topological polar surface area (TPSA) is 68.3 Å². The molecule has 148 valence electrons. The first-order valence-electron chi connectivity index (χ1n) is 9.42. The Hall–Kier alpha value is -2.28. The number of rotatable bonds is 5. The van der Waals surface area contributed by atoms with E-state index in [9.17, 15) is 9.59 Å². The summed E-state index contributed by atoms with van der Waals surface area (Å²) < 4.78 is 16.0. The summed E-state index contributed by atoms with van der Waals surface area (Å²) in [6.45, 7) is 4.18. The van der Waals surface area contributed by atoms with Gasteiger partial charge in [0.15, 0.2) is 0 Å². The van der Waals surface area contributed by atoms with Crippen LogP contribution >= 0.6 is 0 Å². The van der Waals surface area contributed by atoms with Crippen molar-refractivity contribution in [3.8, 4) is 11.5 Å². The Kier molecular flexibility index (Phi) is 6.21. The molecule has 7 nitrogen and oxygen atoms in total. The third-order valence-corrected chi connectivity index (χ3v) is 5.39. The fraction of sp³-hybridized carbons (Fsp3) is 0.600. The maximum Gasteiger partial charge on any atom is 0.254 e. The van der Waals surface area contributed by atoms with E-state index in [-0.39, 0.29) is 23.9 Å². The molecular weight excluding hydrogens is 348 g/mol. The molecule has 0 spiro atoms. The maximum atomic E-state index is 13.0. The molecule has 0 aliphatic carbocycles. The lowest BCUT2D eigenvalue weighted by Crippen LogP contribution is -2.49. The summed E-state index contributed by atoms with van der Waals surface area (Å²) in [5.41, 5.74) is 0.535. The average Bonchev–Trinajstić information content (AvgIpc) is 3.17. The third kappa shape index (κ3) is 4.35. The second-order valence-corrected chi connectivity index (χ2v) is 7.06. The van der Waals surface area contributed by atoms with Gasteiger partial charge < -0.3 is 24.0 Å². The summed E-state index contributed by atoms with van der Waals surface area (Å²) in [6.07, 6.45) is 2.51. The van der Waals surface area contributed by atoms with Crippen LogP contribution in [0.1, 0.15) is 36.5 Å². The fourth-order valence-corrected chi connectivity index (χ4v) is 4.04. The van der Waals surface area contributed by atoms with E-state index >= 15 is 0 Å². The highest BCUT2D eigenvalue weighted by Crippen LogP contribution is 2.27. The highest BCUT2D eigenvalue weighted by molar-refractivity contribution is 5.95. The molecule has 0 bridgehead atoms. The highest BCUT2D eigenvalue weighted by Gasteiger charge is 2.36. The van der Waals surface area contributed by atoms with Crippen LogP contribution < -0.4 is 9.47 Å². The molecule has 1 unspecified atom stereocenters. The molecule has 0 aromatic heterocycles. The van der Waals surface area contributed by atoms with E-state index in [4.69, 9.17) is 14.2 Å². The summed E-state index contributed by atoms with van der Waals surface area (Å²) in [5.74, 6) is 1.18. The standard InChI is InChI=1S/C20H28N2O5/c1-14(23)22(16-5-8-27-9-6-16)17-4-7-21(13-17)20(24)15-10-18(25-2)12-19(11-15)26-3/h10-12,16-17H,4-9,13H2,1-3H3. The summed E-state index contributed by atoms with van der Waals surface area (Å²) in [6, 6.07) is 5.45. The van der Waals surface area contributed by atoms with Gasteiger partial charge in [-0.3, -0.25) is 9.59 Å². The molecule has 2 aliphatic rings. The minimum atomic E-state index is -0.0646. The Balaban J connectivity index is 1.72. The highest BCUT2D eigenvalue weighted by atomic mass is 16.5. The van der Waals surface area contributed by atoms with E-state index in [1.807, 2.05) is 9.80 Å². The predicted molar refractivity (Wildman–Crippen MR) is 100 cm³/mol. The van der Waals surface area contributed by atoms with Crippen molar-refractivity contribution in [3.63, 3.8) is 0 Å². The molecule has 2 amide bonds. The number of ether oxygens (including phenoxy) is 3. The Labute approximate surface area is 160 Å². The summed E-state index contributed by atoms with van der Waals surface area (Å²) >= 11 is 0. The smallest absolute Gasteiger partial charge is 0.254 e. The van der Waals surface area contributed by atoms with Gasteiger partial charge in [0, 0.05) is 50.9 Å². The lowest BCUT2D eigenvalue weighted by Gasteiger charge is -2.37. The van der Waals surface area contributed by atoms with Crippen molar-refractivity contribution >= 4 is 11.8 Å². The van der Waals surface area contributed by atoms with E-state index in [1.165, 1.54) is 0 Å². The zero-order valence-electron chi connectivity index (χ0n) is 16.3. The summed E-state index contributed by atoms with van der Waals surface area (Å²) in [5, 5.41) is 0. The first kappa shape index (κ1) is 19.5. The molecule has 2 heterocycles. The zero-order valence-corrected chi connectivity index (χ0v) is 16.3. The van der Waals surface area contributed by atoms with E-state index in [0.29, 0.717) is 43.4 Å². The Morgan fingerprint density at radius 2 is 1.67 bits per heavy atom. The van der Waals surface area contributed by atoms with Crippen molar-refractivity contribution in [1.82, 2.24) is 9.80 Å². The number of carbonyl (C=O) groups excluding carboxylic acids is 2. The van der Waals surface area contributed by atoms with E-state index in [1.54, 1.807) is 39.3 Å². The van der Waals surface area contributed by atoms with Gasteiger partial charge in [0.1, 0.15) is 11.5 Å². The fourth-order valence-electron chi connectivity index (χ4n) is 4.04. The minimum Gasteiger partial charge on any atom is -0.497 e. The van der Waals surface area contributed by atoms with Crippen molar-refractivity contribution in [2.24, 2.45) is 0 Å². The monoisotopic (exact) mass is 376 g/mol. The van der Waals surface area contributed by atoms with Gasteiger partial charge in [-0.25, -0.2) is 0 Å². The SMILES string of the molecule is COc1cc(OC)cc(C(=O)N2CCC(N(C(C)=O)C3CCOCC3)C2)c1. The Morgan fingerprint density at radius 3 is 2.22 bits per heavy atom. The van der Waals surface area contributed by atoms with Crippen LogP contribution in [0.2, 0.25) is 0 Å². The second-order valence-electron chi connectivity index (χ2n) is 7.06. The molecule has 27 heavy (non-hydrogen) atoms. The lowest BCUT2D eigenvalue weighted by atomic mass is 10.0. The van der Waals surface area contributed by atoms with Gasteiger partial charge in [-0.2, -0.15) is 0 Å². The number of hydrogen-bond acceptors (Lipinski definition) is 5. The normalized spacial score (nSPS) is 20.4. The van der Waals surface area contributed by atoms with E-state index in [2.05, 4.69) is 0 Å². The third-order valence-electron chi connectivity index (χ3n) is 5.39. The van der Waals surface area contributed by atoms with E-state index in [0.717, 1.165) is 19.3 Å². The molecule has 0 radical (unpaired) electrons. The molecule has 3 rings (SSSR count). The number of carbonyl (C=O) groups is 2. The van der Waals surface area contributed by atoms with Gasteiger partial charge in [0.05, 0.1) is 20.3 Å². The summed E-state index contributed by atoms with van der Waals surface area (Å²) in [7, 11) is 3.13. The molecule has 2 aliphatic heterocycles. The molecule has 1 atom stereocenters. The quantitative estimate of drug-likeness (QED) is 0.786. The predicted octanol–water partition coefficient (Wildman–Crippen LogP) is 1.95. The van der Waals surface area contributed by atoms with Crippen molar-refractivity contribution in [3.05, 3.63) is 23.8 Å². The van der Waals surface area contributed by atoms with E-state index < -0.39 is 0 Å². The molecule has 2 saturated heterocycles. The molecular formula is C20H28N2O5. The van der Waals surface area contributed by atoms with Gasteiger partial charge in [-0.15, -0.1) is 0 Å². The minimum absolute atomic E-state index is 0.0575. The van der Waals surface area contributed by atoms with Crippen molar-refractivity contribution < 1.29 is 23.8 Å². The number of hydrogen-bond donors (Lipinski definition) is 0. The van der Waals surface area contributed by atoms with Gasteiger partial charge in [0.25, 0.3) is 5.91 Å². The number of benzene rings is 1.